The van der Waals surface area contributed by atoms with Crippen LogP contribution in [-0.4, -0.2) is 23.1 Å². The van der Waals surface area contributed by atoms with Crippen LogP contribution in [0.15, 0.2) is 42.5 Å². The van der Waals surface area contributed by atoms with E-state index in [0.29, 0.717) is 23.6 Å². The van der Waals surface area contributed by atoms with Crippen LogP contribution in [0.2, 0.25) is 0 Å². The summed E-state index contributed by atoms with van der Waals surface area (Å²) in [7, 11) is 1.50. The number of allylic oxidation sites excluding steroid dienone is 2. The van der Waals surface area contributed by atoms with Gasteiger partial charge in [0.05, 0.1) is 5.88 Å². The maximum absolute atomic E-state index is 10.4. The lowest BCUT2D eigenvalue weighted by molar-refractivity contribution is 0.445. The number of hydrogen-bond donors (Lipinski definition) is 4. The lowest BCUT2D eigenvalue weighted by Crippen LogP contribution is -2.19. The maximum Gasteiger partial charge on any atom is 0.128 e. The van der Waals surface area contributed by atoms with E-state index in [2.05, 4.69) is 78.6 Å². The Morgan fingerprint density at radius 3 is 1.97 bits per heavy atom. The molecule has 0 aliphatic carbocycles. The van der Waals surface area contributed by atoms with Gasteiger partial charge in [0.25, 0.3) is 0 Å². The topological polar surface area (TPSA) is 69.7 Å². The van der Waals surface area contributed by atoms with Gasteiger partial charge in [0.1, 0.15) is 11.5 Å². The van der Waals surface area contributed by atoms with Gasteiger partial charge in [-0.05, 0) is 81.6 Å². The average Bonchev–Trinajstić information content (AvgIpc) is 2.81. The van der Waals surface area contributed by atoms with Crippen molar-refractivity contribution in [1.82, 2.24) is 0 Å². The second-order valence-electron chi connectivity index (χ2n) is 7.99. The number of thiol groups is 1. The van der Waals surface area contributed by atoms with E-state index in [9.17, 15) is 10.2 Å². The Bertz CT molecular complexity index is 930. The maximum atomic E-state index is 10.4. The number of phenols is 2. The average molecular weight is 473 g/mol. The van der Waals surface area contributed by atoms with Crippen LogP contribution < -0.4 is 10.6 Å². The van der Waals surface area contributed by atoms with E-state index in [4.69, 9.17) is 0 Å². The van der Waals surface area contributed by atoms with Crippen LogP contribution in [0, 0.1) is 6.92 Å². The number of unbranched alkanes of at least 4 members (excludes halogenated alkanes) is 1. The molecule has 5 heteroatoms. The van der Waals surface area contributed by atoms with E-state index in [1.807, 2.05) is 17.9 Å². The summed E-state index contributed by atoms with van der Waals surface area (Å²) in [4.78, 5) is 1.95. The van der Waals surface area contributed by atoms with Crippen molar-refractivity contribution in [1.29, 1.82) is 0 Å². The van der Waals surface area contributed by atoms with Gasteiger partial charge in [-0.1, -0.05) is 51.8 Å². The molecule has 2 aromatic carbocycles. The summed E-state index contributed by atoms with van der Waals surface area (Å²) in [6, 6.07) is 9.44. The first-order chi connectivity index (χ1) is 15.6. The van der Waals surface area contributed by atoms with Crippen LogP contribution in [0.1, 0.15) is 76.6 Å². The number of phenolic OH excluding ortho intramolecular Hbond substituents is 2. The molecule has 0 atom stereocenters. The van der Waals surface area contributed by atoms with Crippen molar-refractivity contribution in [3.05, 3.63) is 64.7 Å². The fourth-order valence-electron chi connectivity index (χ4n) is 3.06. The van der Waals surface area contributed by atoms with Crippen LogP contribution in [0.5, 0.6) is 11.5 Å². The molecule has 0 aliphatic rings. The van der Waals surface area contributed by atoms with Crippen molar-refractivity contribution >= 4 is 29.6 Å². The molecule has 0 spiro atoms. The predicted octanol–water partition coefficient (Wildman–Crippen LogP) is 7.53. The number of aromatic hydroxyl groups is 2. The number of nitrogens with two attached hydrogens (primary N) is 1. The Labute approximate surface area is 207 Å². The zero-order valence-corrected chi connectivity index (χ0v) is 22.7. The smallest absolute Gasteiger partial charge is 0.128 e. The van der Waals surface area contributed by atoms with Crippen LogP contribution in [0.3, 0.4) is 0 Å². The molecule has 33 heavy (non-hydrogen) atoms. The van der Waals surface area contributed by atoms with Gasteiger partial charge in [-0.15, -0.1) is 0 Å². The fourth-order valence-corrected chi connectivity index (χ4v) is 3.39. The summed E-state index contributed by atoms with van der Waals surface area (Å²) in [6.07, 6.45) is 3.31. The summed E-state index contributed by atoms with van der Waals surface area (Å²) < 4.78 is 0. The molecule has 184 valence electrons. The number of anilines is 1. The molecule has 4 nitrogen and oxygen atoms in total. The van der Waals surface area contributed by atoms with Crippen LogP contribution in [-0.2, 0) is 6.42 Å². The number of rotatable bonds is 7. The molecule has 0 unspecified atom stereocenters. The van der Waals surface area contributed by atoms with Gasteiger partial charge in [0.15, 0.2) is 0 Å². The number of benzene rings is 2. The Morgan fingerprint density at radius 2 is 1.52 bits per heavy atom. The molecule has 0 bridgehead atoms. The highest BCUT2D eigenvalue weighted by molar-refractivity contribution is 7.80. The molecule has 0 fully saturated rings. The summed E-state index contributed by atoms with van der Waals surface area (Å²) in [5, 5.41) is 20.3. The quantitative estimate of drug-likeness (QED) is 0.248. The predicted molar refractivity (Wildman–Crippen MR) is 150 cm³/mol. The highest BCUT2D eigenvalue weighted by Crippen LogP contribution is 2.36. The molecule has 0 aromatic heterocycles. The number of hydrogen-bond acceptors (Lipinski definition) is 5. The van der Waals surface area contributed by atoms with Crippen LogP contribution >= 0.6 is 12.6 Å². The highest BCUT2D eigenvalue weighted by Gasteiger charge is 2.17. The molecule has 0 saturated heterocycles. The second kappa shape index (κ2) is 15.5. The van der Waals surface area contributed by atoms with Gasteiger partial charge in [-0.2, -0.15) is 12.6 Å². The van der Waals surface area contributed by atoms with Crippen LogP contribution in [0.25, 0.3) is 11.3 Å². The van der Waals surface area contributed by atoms with Gasteiger partial charge in [0, 0.05) is 23.0 Å². The first kappa shape index (κ1) is 30.6. The highest BCUT2D eigenvalue weighted by atomic mass is 32.1. The molecular formula is C28H44N2O2S. The largest absolute Gasteiger partial charge is 0.508 e. The van der Waals surface area contributed by atoms with Gasteiger partial charge < -0.3 is 20.8 Å². The van der Waals surface area contributed by atoms with E-state index < -0.39 is 0 Å². The first-order valence-corrected chi connectivity index (χ1v) is 12.2. The lowest BCUT2D eigenvalue weighted by Gasteiger charge is -2.27. The molecule has 2 aromatic rings. The zero-order chi connectivity index (χ0) is 25.7. The van der Waals surface area contributed by atoms with Gasteiger partial charge in [-0.25, -0.2) is 0 Å². The van der Waals surface area contributed by atoms with E-state index in [0.717, 1.165) is 11.3 Å². The van der Waals surface area contributed by atoms with E-state index >= 15 is 0 Å². The zero-order valence-electron chi connectivity index (χ0n) is 21.8. The lowest BCUT2D eigenvalue weighted by atomic mass is 9.97. The minimum Gasteiger partial charge on any atom is -0.508 e. The van der Waals surface area contributed by atoms with E-state index in [1.54, 1.807) is 6.07 Å². The molecule has 0 aliphatic heterocycles. The van der Waals surface area contributed by atoms with Crippen LogP contribution in [0.4, 0.5) is 5.69 Å². The Kier molecular flexibility index (Phi) is 14.4. The number of aryl methyl sites for hydroxylation is 2. The monoisotopic (exact) mass is 472 g/mol. The Hall–Kier alpha value is -2.37. The Morgan fingerprint density at radius 1 is 0.939 bits per heavy atom. The van der Waals surface area contributed by atoms with Gasteiger partial charge in [0.2, 0.25) is 0 Å². The third-order valence-electron chi connectivity index (χ3n) is 5.54. The van der Waals surface area contributed by atoms with Crippen molar-refractivity contribution in [2.75, 3.05) is 17.8 Å². The first-order valence-electron chi connectivity index (χ1n) is 11.6. The third-order valence-corrected chi connectivity index (χ3v) is 5.83. The van der Waals surface area contributed by atoms with Crippen molar-refractivity contribution < 1.29 is 10.2 Å². The number of nitrogens with zero attached hydrogens (tertiary/aromatic N) is 1. The third kappa shape index (κ3) is 8.49. The fraction of sp³-hybridized carbons (Fsp3) is 0.429. The normalized spacial score (nSPS) is 9.76. The molecule has 0 amide bonds. The molecule has 2 rings (SSSR count). The standard InChI is InChI=1S/C23H29NO2S.C4H10.CH5N/c1-7-18-10-21(23(26)12-22(18)25)17(6)24(13-27)19-9-8-15(4)20(11-19)16(5)14(2)3;1-3-4-2;1-2/h8-12,25-27H,6-7,13H2,1-5H3;3-4H2,1-2H3;2H2,1H3. The molecule has 0 heterocycles. The second-order valence-corrected chi connectivity index (χ2v) is 8.27. The van der Waals surface area contributed by atoms with E-state index in [-0.39, 0.29) is 11.5 Å². The minimum atomic E-state index is 0.00861. The summed E-state index contributed by atoms with van der Waals surface area (Å²) in [5.41, 5.74) is 12.4. The molecule has 0 saturated carbocycles. The Balaban J connectivity index is 0.00000154. The van der Waals surface area contributed by atoms with Crippen molar-refractivity contribution in [2.45, 2.75) is 67.7 Å². The molecule has 0 radical (unpaired) electrons. The molecule has 4 N–H and O–H groups in total. The molecular weight excluding hydrogens is 428 g/mol. The van der Waals surface area contributed by atoms with Crippen molar-refractivity contribution in [3.63, 3.8) is 0 Å². The van der Waals surface area contributed by atoms with Gasteiger partial charge in [-0.3, -0.25) is 0 Å². The van der Waals surface area contributed by atoms with E-state index in [1.165, 1.54) is 48.2 Å². The summed E-state index contributed by atoms with van der Waals surface area (Å²) in [5.74, 6) is 0.520. The van der Waals surface area contributed by atoms with Crippen molar-refractivity contribution in [3.8, 4) is 11.5 Å². The summed E-state index contributed by atoms with van der Waals surface area (Å²) in [6.45, 7) is 19.0. The van der Waals surface area contributed by atoms with Crippen molar-refractivity contribution in [2.24, 2.45) is 5.73 Å². The SMILES string of the molecule is C=C(c1cc(CC)c(O)cc1O)N(CS)c1ccc(C)c(C(C)=C(C)C)c1.CCCC.CN. The van der Waals surface area contributed by atoms with Gasteiger partial charge >= 0.3 is 0 Å². The summed E-state index contributed by atoms with van der Waals surface area (Å²) >= 11 is 4.49. The minimum absolute atomic E-state index is 0.00861.